The molecule has 2 heterocycles. The van der Waals surface area contributed by atoms with E-state index >= 15 is 0 Å². The highest BCUT2D eigenvalue weighted by molar-refractivity contribution is 7.89. The molecule has 1 fully saturated rings. The average molecular weight is 434 g/mol. The number of quaternary nitrogens is 1. The molecule has 0 amide bonds. The van der Waals surface area contributed by atoms with Crippen molar-refractivity contribution >= 4 is 10.0 Å². The molecule has 0 unspecified atom stereocenters. The van der Waals surface area contributed by atoms with Gasteiger partial charge in [-0.2, -0.15) is 4.31 Å². The molecule has 2 aliphatic heterocycles. The molecule has 8 heteroatoms. The van der Waals surface area contributed by atoms with Gasteiger partial charge >= 0.3 is 0 Å². The average Bonchev–Trinajstić information content (AvgIpc) is 3.19. The summed E-state index contributed by atoms with van der Waals surface area (Å²) in [6.45, 7) is 9.85. The first kappa shape index (κ1) is 21.0. The predicted molar refractivity (Wildman–Crippen MR) is 113 cm³/mol. The van der Waals surface area contributed by atoms with E-state index in [9.17, 15) is 8.42 Å². The number of ether oxygens (including phenoxy) is 3. The van der Waals surface area contributed by atoms with E-state index in [1.807, 2.05) is 39.0 Å². The van der Waals surface area contributed by atoms with Crippen LogP contribution in [0.25, 0.3) is 0 Å². The summed E-state index contributed by atoms with van der Waals surface area (Å²) in [5, 5.41) is 0. The first-order valence-corrected chi connectivity index (χ1v) is 11.8. The van der Waals surface area contributed by atoms with Crippen molar-refractivity contribution in [3.05, 3.63) is 47.0 Å². The molecule has 0 aromatic heterocycles. The lowest BCUT2D eigenvalue weighted by atomic mass is 10.1. The molecule has 1 N–H and O–H groups in total. The second-order valence-corrected chi connectivity index (χ2v) is 9.74. The highest BCUT2D eigenvalue weighted by Gasteiger charge is 2.32. The van der Waals surface area contributed by atoms with Crippen molar-refractivity contribution in [1.29, 1.82) is 0 Å². The normalized spacial score (nSPS) is 17.3. The van der Waals surface area contributed by atoms with E-state index in [1.165, 1.54) is 10.5 Å². The molecule has 1 saturated heterocycles. The van der Waals surface area contributed by atoms with Gasteiger partial charge in [0.2, 0.25) is 16.8 Å². The monoisotopic (exact) mass is 433 g/mol. The van der Waals surface area contributed by atoms with E-state index in [-0.39, 0.29) is 6.79 Å². The maximum Gasteiger partial charge on any atom is 0.243 e. The molecule has 0 spiro atoms. The summed E-state index contributed by atoms with van der Waals surface area (Å²) in [5.74, 6) is 2.31. The van der Waals surface area contributed by atoms with Gasteiger partial charge in [0, 0.05) is 5.56 Å². The van der Waals surface area contributed by atoms with Crippen molar-refractivity contribution in [3.63, 3.8) is 0 Å². The van der Waals surface area contributed by atoms with Crippen LogP contribution in [0.5, 0.6) is 17.2 Å². The third-order valence-corrected chi connectivity index (χ3v) is 7.75. The fraction of sp³-hybridized carbons (Fsp3) is 0.455. The van der Waals surface area contributed by atoms with Crippen molar-refractivity contribution in [2.24, 2.45) is 0 Å². The molecule has 2 aromatic rings. The summed E-state index contributed by atoms with van der Waals surface area (Å²) >= 11 is 0. The molecule has 2 aromatic carbocycles. The molecule has 7 nitrogen and oxygen atoms in total. The van der Waals surface area contributed by atoms with Crippen LogP contribution in [-0.2, 0) is 16.6 Å². The number of fused-ring (bicyclic) bond motifs is 1. The number of benzene rings is 2. The zero-order valence-corrected chi connectivity index (χ0v) is 18.5. The molecule has 30 heavy (non-hydrogen) atoms. The van der Waals surface area contributed by atoms with E-state index in [4.69, 9.17) is 14.2 Å². The lowest BCUT2D eigenvalue weighted by Crippen LogP contribution is -3.13. The number of hydrogen-bond donors (Lipinski definition) is 1. The Labute approximate surface area is 178 Å². The van der Waals surface area contributed by atoms with E-state index in [0.717, 1.165) is 48.0 Å². The van der Waals surface area contributed by atoms with Crippen molar-refractivity contribution in [2.75, 3.05) is 39.6 Å². The highest BCUT2D eigenvalue weighted by atomic mass is 32.2. The largest absolute Gasteiger partial charge is 0.494 e. The predicted octanol–water partition coefficient (Wildman–Crippen LogP) is 1.52. The van der Waals surface area contributed by atoms with Crippen LogP contribution in [-0.4, -0.2) is 52.3 Å². The van der Waals surface area contributed by atoms with Gasteiger partial charge in [0.25, 0.3) is 0 Å². The third kappa shape index (κ3) is 4.12. The van der Waals surface area contributed by atoms with Gasteiger partial charge in [0.05, 0.1) is 37.7 Å². The van der Waals surface area contributed by atoms with Crippen LogP contribution in [0.1, 0.15) is 23.6 Å². The molecular weight excluding hydrogens is 404 g/mol. The number of sulfonamides is 1. The number of piperazine rings is 1. The minimum atomic E-state index is -3.52. The molecule has 0 saturated carbocycles. The Morgan fingerprint density at radius 2 is 1.77 bits per heavy atom. The van der Waals surface area contributed by atoms with Crippen molar-refractivity contribution < 1.29 is 27.5 Å². The van der Waals surface area contributed by atoms with Gasteiger partial charge in [0.1, 0.15) is 12.3 Å². The minimum absolute atomic E-state index is 0.270. The minimum Gasteiger partial charge on any atom is -0.494 e. The number of hydrogen-bond acceptors (Lipinski definition) is 5. The topological polar surface area (TPSA) is 69.5 Å². The molecule has 162 valence electrons. The fourth-order valence-corrected chi connectivity index (χ4v) is 5.78. The summed E-state index contributed by atoms with van der Waals surface area (Å²) in [7, 11) is -3.52. The lowest BCUT2D eigenvalue weighted by molar-refractivity contribution is -0.917. The summed E-state index contributed by atoms with van der Waals surface area (Å²) in [5.41, 5.74) is 2.73. The van der Waals surface area contributed by atoms with Crippen molar-refractivity contribution in [1.82, 2.24) is 4.31 Å². The Morgan fingerprint density at radius 1 is 1.03 bits per heavy atom. The van der Waals surface area contributed by atoms with E-state index < -0.39 is 10.0 Å². The van der Waals surface area contributed by atoms with Gasteiger partial charge in [-0.3, -0.25) is 0 Å². The molecule has 0 atom stereocenters. The SMILES string of the molecule is CCOc1cc(C)c(S(=O)(=O)N2CC[NH+](Cc3ccc4c(c3)OCO4)CC2)cc1C. The van der Waals surface area contributed by atoms with Crippen LogP contribution in [0.4, 0.5) is 0 Å². The smallest absolute Gasteiger partial charge is 0.243 e. The zero-order valence-electron chi connectivity index (χ0n) is 17.7. The Hall–Kier alpha value is -2.29. The number of aryl methyl sites for hydroxylation is 2. The summed E-state index contributed by atoms with van der Waals surface area (Å²) < 4.78 is 44.6. The van der Waals surface area contributed by atoms with Gasteiger partial charge in [0.15, 0.2) is 11.5 Å². The van der Waals surface area contributed by atoms with Gasteiger partial charge in [-0.05, 0) is 62.2 Å². The third-order valence-electron chi connectivity index (χ3n) is 5.71. The quantitative estimate of drug-likeness (QED) is 0.748. The number of rotatable bonds is 6. The van der Waals surface area contributed by atoms with Crippen LogP contribution < -0.4 is 19.1 Å². The number of nitrogens with one attached hydrogen (secondary N) is 1. The summed E-state index contributed by atoms with van der Waals surface area (Å²) in [6.07, 6.45) is 0. The first-order chi connectivity index (χ1) is 14.4. The van der Waals surface area contributed by atoms with Crippen molar-refractivity contribution in [3.8, 4) is 17.2 Å². The summed E-state index contributed by atoms with van der Waals surface area (Å²) in [6, 6.07) is 9.57. The summed E-state index contributed by atoms with van der Waals surface area (Å²) in [4.78, 5) is 1.74. The van der Waals surface area contributed by atoms with Crippen LogP contribution in [0, 0.1) is 13.8 Å². The first-order valence-electron chi connectivity index (χ1n) is 10.3. The molecule has 0 aliphatic carbocycles. The van der Waals surface area contributed by atoms with Gasteiger partial charge in [-0.1, -0.05) is 0 Å². The Balaban J connectivity index is 1.42. The van der Waals surface area contributed by atoms with Crippen LogP contribution in [0.15, 0.2) is 35.2 Å². The van der Waals surface area contributed by atoms with E-state index in [2.05, 4.69) is 6.07 Å². The molecule has 2 aliphatic rings. The van der Waals surface area contributed by atoms with Crippen LogP contribution in [0.3, 0.4) is 0 Å². The molecule has 0 radical (unpaired) electrons. The second kappa shape index (κ2) is 8.45. The van der Waals surface area contributed by atoms with Gasteiger partial charge in [-0.15, -0.1) is 0 Å². The second-order valence-electron chi connectivity index (χ2n) is 7.83. The molecular formula is C22H29N2O5S+. The van der Waals surface area contributed by atoms with Gasteiger partial charge in [-0.25, -0.2) is 8.42 Å². The Kier molecular flexibility index (Phi) is 5.90. The maximum absolute atomic E-state index is 13.3. The Morgan fingerprint density at radius 3 is 2.50 bits per heavy atom. The van der Waals surface area contributed by atoms with E-state index in [0.29, 0.717) is 24.6 Å². The van der Waals surface area contributed by atoms with Gasteiger partial charge < -0.3 is 19.1 Å². The van der Waals surface area contributed by atoms with Crippen LogP contribution in [0.2, 0.25) is 0 Å². The Bertz CT molecular complexity index is 1030. The molecule has 0 bridgehead atoms. The maximum atomic E-state index is 13.3. The zero-order chi connectivity index (χ0) is 21.3. The van der Waals surface area contributed by atoms with Crippen molar-refractivity contribution in [2.45, 2.75) is 32.2 Å². The van der Waals surface area contributed by atoms with E-state index in [1.54, 1.807) is 10.4 Å². The lowest BCUT2D eigenvalue weighted by Gasteiger charge is -2.32. The van der Waals surface area contributed by atoms with Crippen LogP contribution >= 0.6 is 0 Å². The highest BCUT2D eigenvalue weighted by Crippen LogP contribution is 2.32. The fourth-order valence-electron chi connectivity index (χ4n) is 4.05. The standard InChI is InChI=1S/C22H28N2O5S/c1-4-27-20-11-17(3)22(12-16(20)2)30(25,26)24-9-7-23(8-10-24)14-18-5-6-19-21(13-18)29-15-28-19/h5-6,11-13H,4,7-10,14-15H2,1-3H3/p+1. The molecule has 4 rings (SSSR count). The number of nitrogens with zero attached hydrogens (tertiary/aromatic N) is 1.